The molecule has 3 rings (SSSR count). The van der Waals surface area contributed by atoms with Crippen LogP contribution in [0.4, 0.5) is 5.69 Å². The molecule has 1 fully saturated rings. The summed E-state index contributed by atoms with van der Waals surface area (Å²) < 4.78 is 0.803. The second kappa shape index (κ2) is 8.78. The standard InChI is InChI=1S/C22H24BrN3O3/c1-15(2)25(22(29)17-5-4-6-18(23)11-17)13-20(27)24-12-21(28)26(14-24)19-9-7-16(3)8-10-19/h4-11,15H,12-14H2,1-3H3. The van der Waals surface area contributed by atoms with Crippen LogP contribution in [0.2, 0.25) is 0 Å². The first-order valence-corrected chi connectivity index (χ1v) is 10.3. The van der Waals surface area contributed by atoms with E-state index in [4.69, 9.17) is 0 Å². The van der Waals surface area contributed by atoms with Crippen LogP contribution in [0.5, 0.6) is 0 Å². The Labute approximate surface area is 179 Å². The molecular weight excluding hydrogens is 434 g/mol. The lowest BCUT2D eigenvalue weighted by atomic mass is 10.1. The topological polar surface area (TPSA) is 60.9 Å². The van der Waals surface area contributed by atoms with Gasteiger partial charge in [-0.3, -0.25) is 19.3 Å². The highest BCUT2D eigenvalue weighted by atomic mass is 79.9. The number of benzene rings is 2. The first kappa shape index (κ1) is 21.0. The zero-order valence-corrected chi connectivity index (χ0v) is 18.3. The molecule has 0 bridgehead atoms. The maximum absolute atomic E-state index is 12.9. The first-order chi connectivity index (χ1) is 13.8. The summed E-state index contributed by atoms with van der Waals surface area (Å²) in [6.07, 6.45) is 0. The van der Waals surface area contributed by atoms with Crippen molar-refractivity contribution < 1.29 is 14.4 Å². The van der Waals surface area contributed by atoms with Crippen LogP contribution in [0.25, 0.3) is 0 Å². The summed E-state index contributed by atoms with van der Waals surface area (Å²) >= 11 is 3.37. The molecule has 3 amide bonds. The molecule has 6 nitrogen and oxygen atoms in total. The molecule has 0 aliphatic carbocycles. The van der Waals surface area contributed by atoms with E-state index in [1.807, 2.05) is 51.1 Å². The Morgan fingerprint density at radius 3 is 2.45 bits per heavy atom. The highest BCUT2D eigenvalue weighted by molar-refractivity contribution is 9.10. The van der Waals surface area contributed by atoms with Crippen molar-refractivity contribution in [1.29, 1.82) is 0 Å². The van der Waals surface area contributed by atoms with E-state index in [0.717, 1.165) is 15.7 Å². The van der Waals surface area contributed by atoms with E-state index in [1.54, 1.807) is 23.1 Å². The molecule has 0 saturated carbocycles. The van der Waals surface area contributed by atoms with Gasteiger partial charge in [0.25, 0.3) is 5.91 Å². The van der Waals surface area contributed by atoms with Crippen molar-refractivity contribution >= 4 is 39.3 Å². The molecule has 0 aromatic heterocycles. The van der Waals surface area contributed by atoms with E-state index in [-0.39, 0.29) is 43.5 Å². The van der Waals surface area contributed by atoms with Crippen LogP contribution in [-0.4, -0.2) is 53.3 Å². The van der Waals surface area contributed by atoms with Gasteiger partial charge in [-0.2, -0.15) is 0 Å². The molecule has 0 N–H and O–H groups in total. The number of hydrogen-bond acceptors (Lipinski definition) is 3. The van der Waals surface area contributed by atoms with Gasteiger partial charge in [-0.15, -0.1) is 0 Å². The Morgan fingerprint density at radius 1 is 1.14 bits per heavy atom. The minimum atomic E-state index is -0.245. The van der Waals surface area contributed by atoms with Crippen LogP contribution in [0.15, 0.2) is 53.0 Å². The molecule has 152 valence electrons. The quantitative estimate of drug-likeness (QED) is 0.690. The molecule has 0 unspecified atom stereocenters. The summed E-state index contributed by atoms with van der Waals surface area (Å²) in [6, 6.07) is 14.6. The van der Waals surface area contributed by atoms with Gasteiger partial charge in [-0.1, -0.05) is 39.7 Å². The SMILES string of the molecule is Cc1ccc(N2CN(C(=O)CN(C(=O)c3cccc(Br)c3)C(C)C)CC2=O)cc1. The Hall–Kier alpha value is -2.67. The summed E-state index contributed by atoms with van der Waals surface area (Å²) in [7, 11) is 0. The number of hydrogen-bond donors (Lipinski definition) is 0. The van der Waals surface area contributed by atoms with Crippen molar-refractivity contribution in [2.45, 2.75) is 26.8 Å². The molecule has 0 radical (unpaired) electrons. The average Bonchev–Trinajstić information content (AvgIpc) is 3.07. The van der Waals surface area contributed by atoms with E-state index < -0.39 is 0 Å². The van der Waals surface area contributed by atoms with Crippen molar-refractivity contribution in [3.63, 3.8) is 0 Å². The number of nitrogens with zero attached hydrogens (tertiary/aromatic N) is 3. The fraction of sp³-hybridized carbons (Fsp3) is 0.318. The predicted molar refractivity (Wildman–Crippen MR) is 116 cm³/mol. The number of carbonyl (C=O) groups excluding carboxylic acids is 3. The fourth-order valence-electron chi connectivity index (χ4n) is 3.19. The summed E-state index contributed by atoms with van der Waals surface area (Å²) in [5.41, 5.74) is 2.38. The second-order valence-corrected chi connectivity index (χ2v) is 8.34. The van der Waals surface area contributed by atoms with E-state index in [0.29, 0.717) is 5.56 Å². The number of halogens is 1. The third-order valence-electron chi connectivity index (χ3n) is 4.90. The van der Waals surface area contributed by atoms with E-state index >= 15 is 0 Å². The molecule has 0 atom stereocenters. The van der Waals surface area contributed by atoms with Gasteiger partial charge in [0.05, 0.1) is 0 Å². The molecule has 2 aromatic rings. The number of rotatable bonds is 5. The van der Waals surface area contributed by atoms with Crippen LogP contribution in [-0.2, 0) is 9.59 Å². The molecule has 1 aliphatic heterocycles. The van der Waals surface area contributed by atoms with Crippen LogP contribution < -0.4 is 4.90 Å². The van der Waals surface area contributed by atoms with E-state index in [9.17, 15) is 14.4 Å². The monoisotopic (exact) mass is 457 g/mol. The summed E-state index contributed by atoms with van der Waals surface area (Å²) in [4.78, 5) is 42.9. The number of anilines is 1. The second-order valence-electron chi connectivity index (χ2n) is 7.43. The molecule has 2 aromatic carbocycles. The van der Waals surface area contributed by atoms with Gasteiger partial charge in [-0.05, 0) is 51.1 Å². The van der Waals surface area contributed by atoms with Crippen molar-refractivity contribution in [2.24, 2.45) is 0 Å². The maximum Gasteiger partial charge on any atom is 0.254 e. The highest BCUT2D eigenvalue weighted by Crippen LogP contribution is 2.21. The van der Waals surface area contributed by atoms with Crippen molar-refractivity contribution in [2.75, 3.05) is 24.7 Å². The van der Waals surface area contributed by atoms with Crippen molar-refractivity contribution in [3.05, 3.63) is 64.1 Å². The lowest BCUT2D eigenvalue weighted by Gasteiger charge is -2.28. The third kappa shape index (κ3) is 4.85. The summed E-state index contributed by atoms with van der Waals surface area (Å²) in [5.74, 6) is -0.586. The normalized spacial score (nSPS) is 13.9. The van der Waals surface area contributed by atoms with Gasteiger partial charge in [0, 0.05) is 21.8 Å². The molecular formula is C22H24BrN3O3. The summed E-state index contributed by atoms with van der Waals surface area (Å²) in [5, 5.41) is 0. The minimum Gasteiger partial charge on any atom is -0.327 e. The molecule has 1 saturated heterocycles. The van der Waals surface area contributed by atoms with E-state index in [2.05, 4.69) is 15.9 Å². The van der Waals surface area contributed by atoms with Crippen molar-refractivity contribution in [3.8, 4) is 0 Å². The Kier molecular flexibility index (Phi) is 6.37. The fourth-order valence-corrected chi connectivity index (χ4v) is 3.59. The molecule has 7 heteroatoms. The van der Waals surface area contributed by atoms with E-state index in [1.165, 1.54) is 9.80 Å². The summed E-state index contributed by atoms with van der Waals surface area (Å²) in [6.45, 7) is 5.86. The molecule has 1 heterocycles. The average molecular weight is 458 g/mol. The Bertz CT molecular complexity index is 927. The Morgan fingerprint density at radius 2 is 1.83 bits per heavy atom. The lowest BCUT2D eigenvalue weighted by Crippen LogP contribution is -2.45. The van der Waals surface area contributed by atoms with Crippen LogP contribution in [0.1, 0.15) is 29.8 Å². The van der Waals surface area contributed by atoms with Gasteiger partial charge in [0.1, 0.15) is 19.8 Å². The van der Waals surface area contributed by atoms with Crippen LogP contribution in [0, 0.1) is 6.92 Å². The Balaban J connectivity index is 1.71. The minimum absolute atomic E-state index is 0.0176. The van der Waals surface area contributed by atoms with Gasteiger partial charge >= 0.3 is 0 Å². The number of aryl methyl sites for hydroxylation is 1. The van der Waals surface area contributed by atoms with Crippen LogP contribution >= 0.6 is 15.9 Å². The van der Waals surface area contributed by atoms with Gasteiger partial charge < -0.3 is 9.80 Å². The third-order valence-corrected chi connectivity index (χ3v) is 5.39. The largest absolute Gasteiger partial charge is 0.327 e. The predicted octanol–water partition coefficient (Wildman–Crippen LogP) is 3.44. The van der Waals surface area contributed by atoms with Gasteiger partial charge in [0.2, 0.25) is 11.8 Å². The smallest absolute Gasteiger partial charge is 0.254 e. The lowest BCUT2D eigenvalue weighted by molar-refractivity contribution is -0.132. The molecule has 29 heavy (non-hydrogen) atoms. The highest BCUT2D eigenvalue weighted by Gasteiger charge is 2.33. The zero-order chi connectivity index (χ0) is 21.1. The zero-order valence-electron chi connectivity index (χ0n) is 16.8. The van der Waals surface area contributed by atoms with Gasteiger partial charge in [0.15, 0.2) is 0 Å². The van der Waals surface area contributed by atoms with Crippen LogP contribution in [0.3, 0.4) is 0 Å². The number of amides is 3. The first-order valence-electron chi connectivity index (χ1n) is 9.47. The number of carbonyl (C=O) groups is 3. The van der Waals surface area contributed by atoms with Crippen molar-refractivity contribution in [1.82, 2.24) is 9.80 Å². The van der Waals surface area contributed by atoms with Gasteiger partial charge in [-0.25, -0.2) is 0 Å². The maximum atomic E-state index is 12.9. The molecule has 0 spiro atoms. The molecule has 1 aliphatic rings.